The predicted octanol–water partition coefficient (Wildman–Crippen LogP) is 0.314. The Bertz CT molecular complexity index is 535. The summed E-state index contributed by atoms with van der Waals surface area (Å²) in [6.45, 7) is 2.43. The number of morpholine rings is 1. The number of amides is 2. The maximum atomic E-state index is 12.5. The van der Waals surface area contributed by atoms with Crippen LogP contribution in [0, 0.1) is 0 Å². The van der Waals surface area contributed by atoms with Gasteiger partial charge in [-0.1, -0.05) is 30.3 Å². The van der Waals surface area contributed by atoms with Crippen LogP contribution in [-0.2, 0) is 20.9 Å². The van der Waals surface area contributed by atoms with Crippen molar-refractivity contribution in [2.45, 2.75) is 25.0 Å². The number of benzene rings is 1. The number of nitrogens with one attached hydrogen (secondary N) is 2. The Labute approximate surface area is 142 Å². The highest BCUT2D eigenvalue weighted by Gasteiger charge is 2.35. The molecule has 0 bridgehead atoms. The van der Waals surface area contributed by atoms with Crippen molar-refractivity contribution in [3.63, 3.8) is 0 Å². The van der Waals surface area contributed by atoms with Crippen LogP contribution in [0.15, 0.2) is 30.3 Å². The van der Waals surface area contributed by atoms with Gasteiger partial charge in [-0.15, -0.1) is 12.4 Å². The lowest BCUT2D eigenvalue weighted by molar-refractivity contribution is -0.155. The van der Waals surface area contributed by atoms with Crippen molar-refractivity contribution in [2.24, 2.45) is 0 Å². The van der Waals surface area contributed by atoms with Gasteiger partial charge in [-0.3, -0.25) is 9.59 Å². The number of rotatable bonds is 4. The maximum Gasteiger partial charge on any atom is 0.249 e. The molecule has 3 rings (SSSR count). The molecule has 1 aromatic carbocycles. The largest absolute Gasteiger partial charge is 0.369 e. The summed E-state index contributed by atoms with van der Waals surface area (Å²) in [5, 5.41) is 6.22. The average molecular weight is 340 g/mol. The highest BCUT2D eigenvalue weighted by Crippen LogP contribution is 2.14. The molecule has 1 aromatic rings. The molecule has 6 nitrogen and oxygen atoms in total. The summed E-state index contributed by atoms with van der Waals surface area (Å²) in [7, 11) is 0. The summed E-state index contributed by atoms with van der Waals surface area (Å²) in [5.41, 5.74) is 1.01. The second kappa shape index (κ2) is 8.29. The monoisotopic (exact) mass is 339 g/mol. The van der Waals surface area contributed by atoms with Gasteiger partial charge in [0.05, 0.1) is 6.61 Å². The molecule has 0 saturated carbocycles. The van der Waals surface area contributed by atoms with Crippen LogP contribution >= 0.6 is 12.4 Å². The molecule has 2 fully saturated rings. The molecule has 0 spiro atoms. The lowest BCUT2D eigenvalue weighted by atomic mass is 10.1. The molecular weight excluding hydrogens is 318 g/mol. The number of nitrogens with zero attached hydrogens (tertiary/aromatic N) is 1. The number of carbonyl (C=O) groups excluding carboxylic acids is 2. The van der Waals surface area contributed by atoms with Gasteiger partial charge in [-0.25, -0.2) is 0 Å². The van der Waals surface area contributed by atoms with Gasteiger partial charge in [0.15, 0.2) is 0 Å². The summed E-state index contributed by atoms with van der Waals surface area (Å²) >= 11 is 0. The van der Waals surface area contributed by atoms with E-state index in [0.29, 0.717) is 6.54 Å². The van der Waals surface area contributed by atoms with Gasteiger partial charge in [0, 0.05) is 19.1 Å². The quantitative estimate of drug-likeness (QED) is 0.828. The molecule has 0 aromatic heterocycles. The predicted molar refractivity (Wildman–Crippen MR) is 88.3 cm³/mol. The first kappa shape index (κ1) is 17.7. The fraction of sp³-hybridized carbons (Fsp3) is 0.500. The van der Waals surface area contributed by atoms with Crippen molar-refractivity contribution >= 4 is 24.2 Å². The van der Waals surface area contributed by atoms with Gasteiger partial charge < -0.3 is 20.3 Å². The van der Waals surface area contributed by atoms with Crippen LogP contribution in [0.25, 0.3) is 0 Å². The van der Waals surface area contributed by atoms with E-state index >= 15 is 0 Å². The van der Waals surface area contributed by atoms with Crippen molar-refractivity contribution in [1.82, 2.24) is 15.5 Å². The number of ether oxygens (including phenoxy) is 1. The van der Waals surface area contributed by atoms with E-state index in [0.717, 1.165) is 25.1 Å². The molecule has 23 heavy (non-hydrogen) atoms. The summed E-state index contributed by atoms with van der Waals surface area (Å²) in [6.07, 6.45) is 0.923. The Balaban J connectivity index is 0.00000192. The Morgan fingerprint density at radius 2 is 2.13 bits per heavy atom. The van der Waals surface area contributed by atoms with E-state index in [9.17, 15) is 9.59 Å². The molecule has 0 aliphatic carbocycles. The Kier molecular flexibility index (Phi) is 6.38. The van der Waals surface area contributed by atoms with Crippen molar-refractivity contribution < 1.29 is 14.3 Å². The van der Waals surface area contributed by atoms with Gasteiger partial charge >= 0.3 is 0 Å². The number of halogens is 1. The molecular formula is C16H22ClN3O3. The van der Waals surface area contributed by atoms with Crippen LogP contribution in [-0.4, -0.2) is 55.1 Å². The zero-order chi connectivity index (χ0) is 15.4. The molecule has 0 radical (unpaired) electrons. The first-order valence-corrected chi connectivity index (χ1v) is 7.66. The number of hydrogen-bond acceptors (Lipinski definition) is 4. The number of carbonyl (C=O) groups is 2. The Morgan fingerprint density at radius 1 is 1.35 bits per heavy atom. The lowest BCUT2D eigenvalue weighted by Gasteiger charge is -2.35. The third-order valence-electron chi connectivity index (χ3n) is 4.10. The smallest absolute Gasteiger partial charge is 0.249 e. The molecule has 2 aliphatic rings. The summed E-state index contributed by atoms with van der Waals surface area (Å²) in [5.74, 6) is -0.266. The molecule has 2 aliphatic heterocycles. The molecule has 2 atom stereocenters. The summed E-state index contributed by atoms with van der Waals surface area (Å²) < 4.78 is 5.28. The topological polar surface area (TPSA) is 70.7 Å². The van der Waals surface area contributed by atoms with E-state index in [-0.39, 0.29) is 43.5 Å². The average Bonchev–Trinajstić information content (AvgIpc) is 3.03. The zero-order valence-electron chi connectivity index (χ0n) is 12.9. The van der Waals surface area contributed by atoms with E-state index in [2.05, 4.69) is 10.6 Å². The highest BCUT2D eigenvalue weighted by molar-refractivity contribution is 5.89. The molecule has 2 saturated heterocycles. The van der Waals surface area contributed by atoms with Gasteiger partial charge in [0.25, 0.3) is 0 Å². The standard InChI is InChI=1S/C16H21N3O3.ClH/c20-15-11-22-10-14(16(21)18-13-6-7-17-8-13)19(15)9-12-4-2-1-3-5-12;/h1-5,13-14,17H,6-11H2,(H,18,21);1H/t13?,14-;/m1./s1. The van der Waals surface area contributed by atoms with Crippen molar-refractivity contribution in [1.29, 1.82) is 0 Å². The van der Waals surface area contributed by atoms with Crippen molar-refractivity contribution in [3.8, 4) is 0 Å². The molecule has 2 heterocycles. The normalized spacial score (nSPS) is 24.2. The highest BCUT2D eigenvalue weighted by atomic mass is 35.5. The minimum absolute atomic E-state index is 0. The van der Waals surface area contributed by atoms with Crippen LogP contribution in [0.5, 0.6) is 0 Å². The minimum atomic E-state index is -0.554. The number of hydrogen-bond donors (Lipinski definition) is 2. The van der Waals surface area contributed by atoms with Crippen LogP contribution in [0.3, 0.4) is 0 Å². The first-order valence-electron chi connectivity index (χ1n) is 7.66. The minimum Gasteiger partial charge on any atom is -0.369 e. The SMILES string of the molecule is Cl.O=C(NC1CCNC1)[C@H]1COCC(=O)N1Cc1ccccc1. The van der Waals surface area contributed by atoms with E-state index < -0.39 is 6.04 Å². The van der Waals surface area contributed by atoms with Crippen molar-refractivity contribution in [2.75, 3.05) is 26.3 Å². The molecule has 1 unspecified atom stereocenters. The van der Waals surface area contributed by atoms with Crippen LogP contribution in [0.2, 0.25) is 0 Å². The van der Waals surface area contributed by atoms with E-state index in [1.807, 2.05) is 30.3 Å². The molecule has 2 amide bonds. The van der Waals surface area contributed by atoms with Crippen LogP contribution in [0.4, 0.5) is 0 Å². The maximum absolute atomic E-state index is 12.5. The van der Waals surface area contributed by atoms with Crippen LogP contribution < -0.4 is 10.6 Å². The molecule has 7 heteroatoms. The van der Waals surface area contributed by atoms with Gasteiger partial charge in [0.2, 0.25) is 11.8 Å². The van der Waals surface area contributed by atoms with Gasteiger partial charge in [-0.2, -0.15) is 0 Å². The zero-order valence-corrected chi connectivity index (χ0v) is 13.7. The fourth-order valence-corrected chi connectivity index (χ4v) is 2.88. The molecule has 126 valence electrons. The second-order valence-corrected chi connectivity index (χ2v) is 5.74. The third-order valence-corrected chi connectivity index (χ3v) is 4.10. The van der Waals surface area contributed by atoms with Crippen molar-refractivity contribution in [3.05, 3.63) is 35.9 Å². The lowest BCUT2D eigenvalue weighted by Crippen LogP contribution is -2.57. The fourth-order valence-electron chi connectivity index (χ4n) is 2.88. The van der Waals surface area contributed by atoms with Gasteiger partial charge in [0.1, 0.15) is 12.6 Å². The van der Waals surface area contributed by atoms with E-state index in [1.54, 1.807) is 4.90 Å². The van der Waals surface area contributed by atoms with E-state index in [1.165, 1.54) is 0 Å². The van der Waals surface area contributed by atoms with Gasteiger partial charge in [-0.05, 0) is 18.5 Å². The second-order valence-electron chi connectivity index (χ2n) is 5.74. The first-order chi connectivity index (χ1) is 10.7. The van der Waals surface area contributed by atoms with Crippen LogP contribution in [0.1, 0.15) is 12.0 Å². The Hall–Kier alpha value is -1.63. The summed E-state index contributed by atoms with van der Waals surface area (Å²) in [4.78, 5) is 26.3. The Morgan fingerprint density at radius 3 is 2.83 bits per heavy atom. The van der Waals surface area contributed by atoms with E-state index in [4.69, 9.17) is 4.74 Å². The third kappa shape index (κ3) is 4.43. The summed E-state index contributed by atoms with van der Waals surface area (Å²) in [6, 6.07) is 9.29. The molecule has 2 N–H and O–H groups in total.